The summed E-state index contributed by atoms with van der Waals surface area (Å²) in [5.41, 5.74) is 1.63. The van der Waals surface area contributed by atoms with Crippen LogP contribution in [0.3, 0.4) is 0 Å². The maximum Gasteiger partial charge on any atom is 0.338 e. The Morgan fingerprint density at radius 1 is 1.28 bits per heavy atom. The number of rotatable bonds is 2. The molecule has 1 aliphatic carbocycles. The zero-order valence-corrected chi connectivity index (χ0v) is 10.6. The van der Waals surface area contributed by atoms with Crippen LogP contribution in [-0.2, 0) is 11.3 Å². The minimum Gasteiger partial charge on any atom is -0.490 e. The van der Waals surface area contributed by atoms with Crippen molar-refractivity contribution < 1.29 is 14.3 Å². The van der Waals surface area contributed by atoms with Gasteiger partial charge >= 0.3 is 5.97 Å². The minimum atomic E-state index is -0.220. The highest BCUT2D eigenvalue weighted by Gasteiger charge is 2.25. The summed E-state index contributed by atoms with van der Waals surface area (Å²) in [5.74, 6) is 1.26. The SMILES string of the molecule is C[C@H]1CCCC[C@@H]1Oc1ccc2c(c1)COC2=O. The number of benzene rings is 1. The van der Waals surface area contributed by atoms with Crippen molar-refractivity contribution in [1.82, 2.24) is 0 Å². The fraction of sp³-hybridized carbons (Fsp3) is 0.533. The van der Waals surface area contributed by atoms with E-state index in [-0.39, 0.29) is 5.97 Å². The molecule has 1 fully saturated rings. The monoisotopic (exact) mass is 246 g/mol. The first-order valence-electron chi connectivity index (χ1n) is 6.71. The Labute approximate surface area is 107 Å². The van der Waals surface area contributed by atoms with E-state index >= 15 is 0 Å². The maximum atomic E-state index is 11.4. The third kappa shape index (κ3) is 2.09. The van der Waals surface area contributed by atoms with Gasteiger partial charge in [-0.1, -0.05) is 13.3 Å². The number of carbonyl (C=O) groups is 1. The molecule has 3 rings (SSSR count). The van der Waals surface area contributed by atoms with Crippen LogP contribution in [0, 0.1) is 5.92 Å². The summed E-state index contributed by atoms with van der Waals surface area (Å²) in [4.78, 5) is 11.4. The van der Waals surface area contributed by atoms with Crippen LogP contribution in [0.15, 0.2) is 18.2 Å². The summed E-state index contributed by atoms with van der Waals surface area (Å²) in [5, 5.41) is 0. The van der Waals surface area contributed by atoms with Crippen LogP contribution < -0.4 is 4.74 Å². The Bertz CT molecular complexity index is 467. The third-order valence-corrected chi connectivity index (χ3v) is 3.98. The third-order valence-electron chi connectivity index (χ3n) is 3.98. The molecule has 2 aliphatic rings. The standard InChI is InChI=1S/C15H18O3/c1-10-4-2-3-5-14(10)18-12-6-7-13-11(8-12)9-17-15(13)16/h6-8,10,14H,2-5,9H2,1H3/t10-,14-/m0/s1. The van der Waals surface area contributed by atoms with Crippen LogP contribution in [0.5, 0.6) is 5.75 Å². The summed E-state index contributed by atoms with van der Waals surface area (Å²) in [6.45, 7) is 2.63. The van der Waals surface area contributed by atoms with Crippen molar-refractivity contribution in [2.75, 3.05) is 0 Å². The Morgan fingerprint density at radius 2 is 2.11 bits per heavy atom. The summed E-state index contributed by atoms with van der Waals surface area (Å²) in [6.07, 6.45) is 5.26. The van der Waals surface area contributed by atoms with Gasteiger partial charge in [-0.3, -0.25) is 0 Å². The Kier molecular flexibility index (Phi) is 2.98. The van der Waals surface area contributed by atoms with Gasteiger partial charge in [0, 0.05) is 5.56 Å². The number of ether oxygens (including phenoxy) is 2. The van der Waals surface area contributed by atoms with E-state index in [4.69, 9.17) is 9.47 Å². The quantitative estimate of drug-likeness (QED) is 0.751. The minimum absolute atomic E-state index is 0.220. The van der Waals surface area contributed by atoms with Gasteiger partial charge in [0.15, 0.2) is 0 Å². The molecule has 96 valence electrons. The predicted octanol–water partition coefficient (Wildman–Crippen LogP) is 3.31. The zero-order valence-electron chi connectivity index (χ0n) is 10.6. The molecule has 0 saturated heterocycles. The van der Waals surface area contributed by atoms with Crippen molar-refractivity contribution in [1.29, 1.82) is 0 Å². The molecule has 3 nitrogen and oxygen atoms in total. The summed E-state index contributed by atoms with van der Waals surface area (Å²) < 4.78 is 11.1. The molecule has 0 aromatic heterocycles. The van der Waals surface area contributed by atoms with E-state index in [2.05, 4.69) is 6.92 Å². The number of hydrogen-bond acceptors (Lipinski definition) is 3. The molecule has 1 heterocycles. The zero-order chi connectivity index (χ0) is 12.5. The summed E-state index contributed by atoms with van der Waals surface area (Å²) in [7, 11) is 0. The molecule has 1 aromatic rings. The van der Waals surface area contributed by atoms with Gasteiger partial charge in [-0.15, -0.1) is 0 Å². The topological polar surface area (TPSA) is 35.5 Å². The molecule has 0 amide bonds. The molecule has 0 radical (unpaired) electrons. The molecule has 0 unspecified atom stereocenters. The maximum absolute atomic E-state index is 11.4. The molecule has 0 N–H and O–H groups in total. The van der Waals surface area contributed by atoms with Crippen LogP contribution >= 0.6 is 0 Å². The van der Waals surface area contributed by atoms with Gasteiger partial charge < -0.3 is 9.47 Å². The molecule has 0 spiro atoms. The van der Waals surface area contributed by atoms with Crippen LogP contribution in [0.25, 0.3) is 0 Å². The van der Waals surface area contributed by atoms with Crippen molar-refractivity contribution in [2.24, 2.45) is 5.92 Å². The van der Waals surface area contributed by atoms with Gasteiger partial charge in [0.05, 0.1) is 5.56 Å². The van der Waals surface area contributed by atoms with E-state index in [0.717, 1.165) is 17.7 Å². The number of cyclic esters (lactones) is 1. The Balaban J connectivity index is 1.75. The predicted molar refractivity (Wildman–Crippen MR) is 67.6 cm³/mol. The number of hydrogen-bond donors (Lipinski definition) is 0. The van der Waals surface area contributed by atoms with Crippen molar-refractivity contribution in [3.63, 3.8) is 0 Å². The normalized spacial score (nSPS) is 26.6. The lowest BCUT2D eigenvalue weighted by Gasteiger charge is -2.29. The first-order chi connectivity index (χ1) is 8.74. The van der Waals surface area contributed by atoms with E-state index in [1.165, 1.54) is 19.3 Å². The van der Waals surface area contributed by atoms with Crippen LogP contribution in [0.1, 0.15) is 48.5 Å². The van der Waals surface area contributed by atoms with Gasteiger partial charge in [-0.25, -0.2) is 4.79 Å². The number of esters is 1. The van der Waals surface area contributed by atoms with Gasteiger partial charge in [0.25, 0.3) is 0 Å². The van der Waals surface area contributed by atoms with Crippen molar-refractivity contribution >= 4 is 5.97 Å². The first kappa shape index (κ1) is 11.6. The van der Waals surface area contributed by atoms with Gasteiger partial charge in [-0.05, 0) is 43.4 Å². The largest absolute Gasteiger partial charge is 0.490 e. The van der Waals surface area contributed by atoms with E-state index in [1.54, 1.807) is 0 Å². The average Bonchev–Trinajstić information content (AvgIpc) is 2.74. The van der Waals surface area contributed by atoms with Crippen molar-refractivity contribution in [3.8, 4) is 5.75 Å². The van der Waals surface area contributed by atoms with E-state index in [1.807, 2.05) is 18.2 Å². The number of fused-ring (bicyclic) bond motifs is 1. The van der Waals surface area contributed by atoms with Crippen molar-refractivity contribution in [3.05, 3.63) is 29.3 Å². The second kappa shape index (κ2) is 4.63. The molecule has 2 atom stereocenters. The molecule has 1 saturated carbocycles. The van der Waals surface area contributed by atoms with Gasteiger partial charge in [0.1, 0.15) is 18.5 Å². The van der Waals surface area contributed by atoms with Crippen LogP contribution in [-0.4, -0.2) is 12.1 Å². The molecular formula is C15H18O3. The van der Waals surface area contributed by atoms with Gasteiger partial charge in [-0.2, -0.15) is 0 Å². The molecule has 3 heteroatoms. The van der Waals surface area contributed by atoms with E-state index in [0.29, 0.717) is 24.2 Å². The second-order valence-corrected chi connectivity index (χ2v) is 5.31. The lowest BCUT2D eigenvalue weighted by Crippen LogP contribution is -2.28. The Hall–Kier alpha value is -1.51. The molecular weight excluding hydrogens is 228 g/mol. The fourth-order valence-electron chi connectivity index (χ4n) is 2.82. The van der Waals surface area contributed by atoms with E-state index < -0.39 is 0 Å². The van der Waals surface area contributed by atoms with E-state index in [9.17, 15) is 4.79 Å². The van der Waals surface area contributed by atoms with Crippen LogP contribution in [0.4, 0.5) is 0 Å². The summed E-state index contributed by atoms with van der Waals surface area (Å²) >= 11 is 0. The molecule has 1 aliphatic heterocycles. The molecule has 0 bridgehead atoms. The lowest BCUT2D eigenvalue weighted by atomic mass is 9.88. The molecule has 1 aromatic carbocycles. The first-order valence-corrected chi connectivity index (χ1v) is 6.71. The fourth-order valence-corrected chi connectivity index (χ4v) is 2.82. The summed E-state index contributed by atoms with van der Waals surface area (Å²) in [6, 6.07) is 5.64. The highest BCUT2D eigenvalue weighted by molar-refractivity contribution is 5.93. The highest BCUT2D eigenvalue weighted by Crippen LogP contribution is 2.30. The second-order valence-electron chi connectivity index (χ2n) is 5.31. The highest BCUT2D eigenvalue weighted by atomic mass is 16.5. The Morgan fingerprint density at radius 3 is 2.94 bits per heavy atom. The number of carbonyl (C=O) groups excluding carboxylic acids is 1. The van der Waals surface area contributed by atoms with Crippen molar-refractivity contribution in [2.45, 2.75) is 45.3 Å². The molecule has 18 heavy (non-hydrogen) atoms. The lowest BCUT2D eigenvalue weighted by molar-refractivity contribution is 0.0535. The van der Waals surface area contributed by atoms with Gasteiger partial charge in [0.2, 0.25) is 0 Å². The van der Waals surface area contributed by atoms with Crippen LogP contribution in [0.2, 0.25) is 0 Å². The smallest absolute Gasteiger partial charge is 0.338 e. The average molecular weight is 246 g/mol.